The Labute approximate surface area is 171 Å². The highest BCUT2D eigenvalue weighted by Crippen LogP contribution is 2.18. The molecule has 0 saturated heterocycles. The van der Waals surface area contributed by atoms with E-state index in [1.54, 1.807) is 24.3 Å². The van der Waals surface area contributed by atoms with Crippen molar-refractivity contribution in [2.24, 2.45) is 5.92 Å². The number of carboxylic acid groups (broad SMARTS) is 2. The molecule has 2 rings (SSSR count). The molecule has 1 aromatic carbocycles. The van der Waals surface area contributed by atoms with E-state index in [2.05, 4.69) is 10.6 Å². The third-order valence-corrected chi connectivity index (χ3v) is 5.30. The summed E-state index contributed by atoms with van der Waals surface area (Å²) < 4.78 is 0. The fourth-order valence-electron chi connectivity index (χ4n) is 3.72. The SMILES string of the molecule is CC(C)CC(NC(Cc1ccc(C(=O)NC2CCCCC2)cc1)C(=O)O)C(=O)O. The second-order valence-corrected chi connectivity index (χ2v) is 8.29. The Kier molecular flexibility index (Phi) is 8.64. The van der Waals surface area contributed by atoms with Crippen molar-refractivity contribution in [3.63, 3.8) is 0 Å². The van der Waals surface area contributed by atoms with E-state index in [9.17, 15) is 24.6 Å². The van der Waals surface area contributed by atoms with Crippen LogP contribution in [-0.2, 0) is 16.0 Å². The molecule has 7 heteroatoms. The second-order valence-electron chi connectivity index (χ2n) is 8.29. The summed E-state index contributed by atoms with van der Waals surface area (Å²) in [6, 6.07) is 5.13. The molecule has 1 fully saturated rings. The summed E-state index contributed by atoms with van der Waals surface area (Å²) >= 11 is 0. The number of amides is 1. The lowest BCUT2D eigenvalue weighted by Gasteiger charge is -2.23. The maximum Gasteiger partial charge on any atom is 0.321 e. The van der Waals surface area contributed by atoms with Crippen LogP contribution in [0.2, 0.25) is 0 Å². The zero-order valence-electron chi connectivity index (χ0n) is 17.2. The van der Waals surface area contributed by atoms with Gasteiger partial charge in [0.2, 0.25) is 0 Å². The van der Waals surface area contributed by atoms with Gasteiger partial charge in [-0.05, 0) is 49.3 Å². The van der Waals surface area contributed by atoms with E-state index in [0.29, 0.717) is 12.0 Å². The van der Waals surface area contributed by atoms with Gasteiger partial charge in [0, 0.05) is 11.6 Å². The van der Waals surface area contributed by atoms with Gasteiger partial charge in [-0.2, -0.15) is 0 Å². The Morgan fingerprint density at radius 2 is 1.55 bits per heavy atom. The van der Waals surface area contributed by atoms with Gasteiger partial charge in [-0.15, -0.1) is 0 Å². The lowest BCUT2D eigenvalue weighted by molar-refractivity contribution is -0.142. The zero-order valence-corrected chi connectivity index (χ0v) is 17.2. The molecule has 2 atom stereocenters. The van der Waals surface area contributed by atoms with Crippen molar-refractivity contribution in [1.82, 2.24) is 10.6 Å². The van der Waals surface area contributed by atoms with Crippen molar-refractivity contribution in [3.05, 3.63) is 35.4 Å². The van der Waals surface area contributed by atoms with Crippen LogP contribution in [0.25, 0.3) is 0 Å². The molecule has 4 N–H and O–H groups in total. The second kappa shape index (κ2) is 11.0. The summed E-state index contributed by atoms with van der Waals surface area (Å²) in [4.78, 5) is 35.4. The number of aliphatic carboxylic acids is 2. The molecule has 160 valence electrons. The van der Waals surface area contributed by atoms with Crippen molar-refractivity contribution in [1.29, 1.82) is 0 Å². The van der Waals surface area contributed by atoms with Crippen molar-refractivity contribution in [2.45, 2.75) is 76.9 Å². The highest BCUT2D eigenvalue weighted by Gasteiger charge is 2.27. The van der Waals surface area contributed by atoms with Gasteiger partial charge >= 0.3 is 11.9 Å². The fourth-order valence-corrected chi connectivity index (χ4v) is 3.72. The Morgan fingerprint density at radius 3 is 2.07 bits per heavy atom. The molecule has 2 unspecified atom stereocenters. The molecule has 29 heavy (non-hydrogen) atoms. The van der Waals surface area contributed by atoms with Crippen molar-refractivity contribution < 1.29 is 24.6 Å². The molecule has 7 nitrogen and oxygen atoms in total. The van der Waals surface area contributed by atoms with E-state index < -0.39 is 24.0 Å². The molecule has 0 heterocycles. The Hall–Kier alpha value is -2.41. The average Bonchev–Trinajstić information content (AvgIpc) is 2.67. The molecule has 1 aliphatic rings. The molecular weight excluding hydrogens is 372 g/mol. The monoisotopic (exact) mass is 404 g/mol. The van der Waals surface area contributed by atoms with Gasteiger partial charge in [-0.1, -0.05) is 45.2 Å². The quantitative estimate of drug-likeness (QED) is 0.477. The minimum absolute atomic E-state index is 0.112. The van der Waals surface area contributed by atoms with Crippen LogP contribution < -0.4 is 10.6 Å². The minimum atomic E-state index is -1.10. The van der Waals surface area contributed by atoms with Gasteiger partial charge in [0.15, 0.2) is 0 Å². The van der Waals surface area contributed by atoms with Crippen molar-refractivity contribution >= 4 is 17.8 Å². The predicted molar refractivity (Wildman–Crippen MR) is 110 cm³/mol. The summed E-state index contributed by atoms with van der Waals surface area (Å²) in [5.41, 5.74) is 1.27. The molecule has 1 aromatic rings. The van der Waals surface area contributed by atoms with E-state index in [1.165, 1.54) is 6.42 Å². The minimum Gasteiger partial charge on any atom is -0.480 e. The Bertz CT molecular complexity index is 696. The van der Waals surface area contributed by atoms with Gasteiger partial charge < -0.3 is 15.5 Å². The van der Waals surface area contributed by atoms with Crippen LogP contribution in [0.4, 0.5) is 0 Å². The van der Waals surface area contributed by atoms with Crippen LogP contribution in [-0.4, -0.2) is 46.2 Å². The number of nitrogens with one attached hydrogen (secondary N) is 2. The first-order valence-electron chi connectivity index (χ1n) is 10.4. The van der Waals surface area contributed by atoms with E-state index in [1.807, 2.05) is 13.8 Å². The van der Waals surface area contributed by atoms with Crippen LogP contribution in [0.1, 0.15) is 68.3 Å². The lowest BCUT2D eigenvalue weighted by Crippen LogP contribution is -2.48. The maximum absolute atomic E-state index is 12.4. The van der Waals surface area contributed by atoms with Crippen LogP contribution in [0.15, 0.2) is 24.3 Å². The third-order valence-electron chi connectivity index (χ3n) is 5.30. The first-order chi connectivity index (χ1) is 13.8. The van der Waals surface area contributed by atoms with Crippen molar-refractivity contribution in [2.75, 3.05) is 0 Å². The number of rotatable bonds is 10. The average molecular weight is 405 g/mol. The normalized spacial score (nSPS) is 16.9. The zero-order chi connectivity index (χ0) is 21.4. The molecule has 0 bridgehead atoms. The molecule has 0 spiro atoms. The van der Waals surface area contributed by atoms with E-state index >= 15 is 0 Å². The molecule has 0 aromatic heterocycles. The number of hydrogen-bond acceptors (Lipinski definition) is 4. The first-order valence-corrected chi connectivity index (χ1v) is 10.4. The van der Waals surface area contributed by atoms with Crippen LogP contribution >= 0.6 is 0 Å². The number of carbonyl (C=O) groups is 3. The Balaban J connectivity index is 1.98. The summed E-state index contributed by atoms with van der Waals surface area (Å²) in [5.74, 6) is -2.14. The largest absolute Gasteiger partial charge is 0.480 e. The van der Waals surface area contributed by atoms with Gasteiger partial charge in [0.25, 0.3) is 5.91 Å². The third kappa shape index (κ3) is 7.49. The van der Waals surface area contributed by atoms with Gasteiger partial charge in [0.05, 0.1) is 0 Å². The number of benzene rings is 1. The Morgan fingerprint density at radius 1 is 0.966 bits per heavy atom. The highest BCUT2D eigenvalue weighted by molar-refractivity contribution is 5.94. The topological polar surface area (TPSA) is 116 Å². The van der Waals surface area contributed by atoms with Crippen LogP contribution in [0.5, 0.6) is 0 Å². The molecule has 1 amide bonds. The molecule has 1 saturated carbocycles. The smallest absolute Gasteiger partial charge is 0.321 e. The molecular formula is C22H32N2O5. The standard InChI is InChI=1S/C22H32N2O5/c1-14(2)12-18(21(26)27)24-19(22(28)29)13-15-8-10-16(11-9-15)20(25)23-17-6-4-3-5-7-17/h8-11,14,17-19,24H,3-7,12-13H2,1-2H3,(H,23,25)(H,26,27)(H,28,29). The maximum atomic E-state index is 12.4. The molecule has 0 radical (unpaired) electrons. The summed E-state index contributed by atoms with van der Waals surface area (Å²) in [5, 5.41) is 24.7. The van der Waals surface area contributed by atoms with E-state index in [-0.39, 0.29) is 24.3 Å². The lowest BCUT2D eigenvalue weighted by atomic mass is 9.95. The fraction of sp³-hybridized carbons (Fsp3) is 0.591. The predicted octanol–water partition coefficient (Wildman–Crippen LogP) is 2.83. The number of carboxylic acids is 2. The van der Waals surface area contributed by atoms with E-state index in [0.717, 1.165) is 31.2 Å². The summed E-state index contributed by atoms with van der Waals surface area (Å²) in [6.45, 7) is 3.79. The van der Waals surface area contributed by atoms with Gasteiger partial charge in [-0.3, -0.25) is 19.7 Å². The number of carbonyl (C=O) groups excluding carboxylic acids is 1. The van der Waals surface area contributed by atoms with Crippen LogP contribution in [0.3, 0.4) is 0 Å². The van der Waals surface area contributed by atoms with E-state index in [4.69, 9.17) is 0 Å². The van der Waals surface area contributed by atoms with Crippen molar-refractivity contribution in [3.8, 4) is 0 Å². The molecule has 1 aliphatic carbocycles. The van der Waals surface area contributed by atoms with Gasteiger partial charge in [-0.25, -0.2) is 0 Å². The summed E-state index contributed by atoms with van der Waals surface area (Å²) in [7, 11) is 0. The van der Waals surface area contributed by atoms with Gasteiger partial charge in [0.1, 0.15) is 12.1 Å². The molecule has 0 aliphatic heterocycles. The summed E-state index contributed by atoms with van der Waals surface area (Å²) in [6.07, 6.45) is 6.01. The highest BCUT2D eigenvalue weighted by atomic mass is 16.4. The first kappa shape index (κ1) is 22.9. The van der Waals surface area contributed by atoms with Crippen LogP contribution in [0, 0.1) is 5.92 Å². The number of hydrogen-bond donors (Lipinski definition) is 4.